The molecule has 0 fully saturated rings. The van der Waals surface area contributed by atoms with Gasteiger partial charge in [0.05, 0.1) is 0 Å². The highest BCUT2D eigenvalue weighted by molar-refractivity contribution is 7.19. The Morgan fingerprint density at radius 3 is 2.68 bits per heavy atom. The molecule has 4 heteroatoms. The van der Waals surface area contributed by atoms with Crippen LogP contribution in [0.5, 0.6) is 5.75 Å². The summed E-state index contributed by atoms with van der Waals surface area (Å²) in [7, 11) is 0. The lowest BCUT2D eigenvalue weighted by atomic mass is 9.97. The number of H-pyrrole nitrogens is 1. The number of aryl methyl sites for hydroxylation is 1. The summed E-state index contributed by atoms with van der Waals surface area (Å²) in [4.78, 5) is 16.8. The molecule has 0 saturated carbocycles. The van der Waals surface area contributed by atoms with E-state index in [1.165, 1.54) is 4.88 Å². The zero-order chi connectivity index (χ0) is 17.4. The highest BCUT2D eigenvalue weighted by Crippen LogP contribution is 2.41. The van der Waals surface area contributed by atoms with Crippen molar-refractivity contribution in [1.82, 2.24) is 4.98 Å². The summed E-state index contributed by atoms with van der Waals surface area (Å²) in [5.74, 6) is 0.209. The first-order chi connectivity index (χ1) is 12.2. The first-order valence-electron chi connectivity index (χ1n) is 8.55. The number of unbranched alkanes of at least 4 members (excludes halogenated alkanes) is 1. The van der Waals surface area contributed by atoms with Crippen LogP contribution in [0, 0.1) is 0 Å². The molecule has 3 nitrogen and oxygen atoms in total. The molecule has 2 N–H and O–H groups in total. The molecule has 0 aliphatic carbocycles. The highest BCUT2D eigenvalue weighted by Gasteiger charge is 2.19. The Balaban J connectivity index is 2.16. The largest absolute Gasteiger partial charge is 0.508 e. The zero-order valence-electron chi connectivity index (χ0n) is 14.0. The van der Waals surface area contributed by atoms with E-state index in [-0.39, 0.29) is 11.3 Å². The quantitative estimate of drug-likeness (QED) is 0.514. The number of hydrogen-bond acceptors (Lipinski definition) is 3. The third kappa shape index (κ3) is 2.72. The standard InChI is InChI=1S/C21H19NO2S/c1-2-3-9-17-18(13-7-5-4-6-8-13)19-15-12-14(23)10-11-16(15)22-21(24)20(19)25-17/h4-8,10-12,23H,2-3,9H2,1H3,(H,22,24). The van der Waals surface area contributed by atoms with Crippen molar-refractivity contribution in [2.24, 2.45) is 0 Å². The number of aromatic nitrogens is 1. The van der Waals surface area contributed by atoms with E-state index in [1.807, 2.05) is 18.2 Å². The van der Waals surface area contributed by atoms with Crippen LogP contribution in [0.25, 0.3) is 32.1 Å². The van der Waals surface area contributed by atoms with Crippen LogP contribution in [0.4, 0.5) is 0 Å². The van der Waals surface area contributed by atoms with Crippen molar-refractivity contribution in [1.29, 1.82) is 0 Å². The van der Waals surface area contributed by atoms with E-state index >= 15 is 0 Å². The SMILES string of the molecule is CCCCc1sc2c(=O)[nH]c3ccc(O)cc3c2c1-c1ccccc1. The molecule has 4 aromatic rings. The maximum absolute atomic E-state index is 12.6. The molecule has 2 heterocycles. The van der Waals surface area contributed by atoms with Crippen LogP contribution in [-0.4, -0.2) is 10.1 Å². The molecule has 4 rings (SSSR count). The summed E-state index contributed by atoms with van der Waals surface area (Å²) in [5.41, 5.74) is 2.95. The van der Waals surface area contributed by atoms with Crippen molar-refractivity contribution in [3.05, 3.63) is 63.8 Å². The summed E-state index contributed by atoms with van der Waals surface area (Å²) in [6.07, 6.45) is 3.16. The van der Waals surface area contributed by atoms with Crippen molar-refractivity contribution >= 4 is 32.3 Å². The first kappa shape index (κ1) is 15.9. The first-order valence-corrected chi connectivity index (χ1v) is 9.36. The number of aromatic hydroxyl groups is 1. The molecule has 126 valence electrons. The number of benzene rings is 2. The number of hydrogen-bond donors (Lipinski definition) is 2. The van der Waals surface area contributed by atoms with Crippen molar-refractivity contribution in [3.63, 3.8) is 0 Å². The van der Waals surface area contributed by atoms with Crippen LogP contribution in [0.15, 0.2) is 53.3 Å². The van der Waals surface area contributed by atoms with Crippen molar-refractivity contribution in [2.45, 2.75) is 26.2 Å². The number of aromatic amines is 1. The minimum atomic E-state index is -0.0573. The van der Waals surface area contributed by atoms with Crippen LogP contribution in [0.2, 0.25) is 0 Å². The molecule has 0 spiro atoms. The lowest BCUT2D eigenvalue weighted by molar-refractivity contribution is 0.476. The van der Waals surface area contributed by atoms with Crippen LogP contribution >= 0.6 is 11.3 Å². The zero-order valence-corrected chi connectivity index (χ0v) is 14.8. The number of phenols is 1. The molecule has 0 amide bonds. The summed E-state index contributed by atoms with van der Waals surface area (Å²) < 4.78 is 0.739. The Kier molecular flexibility index (Phi) is 4.06. The average Bonchev–Trinajstić information content (AvgIpc) is 3.02. The molecular weight excluding hydrogens is 330 g/mol. The molecule has 2 aromatic heterocycles. The lowest BCUT2D eigenvalue weighted by Gasteiger charge is -2.07. The van der Waals surface area contributed by atoms with Gasteiger partial charge in [0.15, 0.2) is 0 Å². The topological polar surface area (TPSA) is 53.1 Å². The maximum atomic E-state index is 12.6. The van der Waals surface area contributed by atoms with Gasteiger partial charge in [0, 0.05) is 26.7 Å². The average molecular weight is 349 g/mol. The van der Waals surface area contributed by atoms with Gasteiger partial charge in [-0.2, -0.15) is 0 Å². The van der Waals surface area contributed by atoms with E-state index in [0.29, 0.717) is 0 Å². The number of nitrogens with one attached hydrogen (secondary N) is 1. The fourth-order valence-corrected chi connectivity index (χ4v) is 4.62. The second-order valence-electron chi connectivity index (χ2n) is 6.26. The molecule has 0 atom stereocenters. The Labute approximate surface area is 149 Å². The molecule has 2 aromatic carbocycles. The van der Waals surface area contributed by atoms with Gasteiger partial charge in [0.2, 0.25) is 0 Å². The van der Waals surface area contributed by atoms with E-state index in [1.54, 1.807) is 29.5 Å². The Bertz CT molecular complexity index is 1110. The predicted octanol–water partition coefficient (Wildman–Crippen LogP) is 5.46. The van der Waals surface area contributed by atoms with Gasteiger partial charge in [0.25, 0.3) is 5.56 Å². The maximum Gasteiger partial charge on any atom is 0.266 e. The van der Waals surface area contributed by atoms with Gasteiger partial charge in [-0.15, -0.1) is 11.3 Å². The number of rotatable bonds is 4. The second kappa shape index (κ2) is 6.37. The van der Waals surface area contributed by atoms with E-state index in [9.17, 15) is 9.90 Å². The summed E-state index contributed by atoms with van der Waals surface area (Å²) in [6.45, 7) is 2.18. The van der Waals surface area contributed by atoms with Crippen molar-refractivity contribution in [2.75, 3.05) is 0 Å². The van der Waals surface area contributed by atoms with E-state index in [2.05, 4.69) is 24.0 Å². The molecule has 0 saturated heterocycles. The Morgan fingerprint density at radius 1 is 1.12 bits per heavy atom. The Morgan fingerprint density at radius 2 is 1.92 bits per heavy atom. The lowest BCUT2D eigenvalue weighted by Crippen LogP contribution is -2.04. The molecular formula is C21H19NO2S. The summed E-state index contributed by atoms with van der Waals surface area (Å²) >= 11 is 1.58. The van der Waals surface area contributed by atoms with E-state index in [0.717, 1.165) is 51.4 Å². The number of thiophene rings is 1. The van der Waals surface area contributed by atoms with Crippen molar-refractivity contribution in [3.8, 4) is 16.9 Å². The van der Waals surface area contributed by atoms with Crippen LogP contribution in [0.3, 0.4) is 0 Å². The van der Waals surface area contributed by atoms with E-state index in [4.69, 9.17) is 0 Å². The fourth-order valence-electron chi connectivity index (χ4n) is 3.35. The minimum absolute atomic E-state index is 0.0573. The van der Waals surface area contributed by atoms with E-state index < -0.39 is 0 Å². The van der Waals surface area contributed by atoms with Crippen LogP contribution < -0.4 is 5.56 Å². The smallest absolute Gasteiger partial charge is 0.266 e. The monoisotopic (exact) mass is 349 g/mol. The van der Waals surface area contributed by atoms with Gasteiger partial charge in [-0.1, -0.05) is 43.7 Å². The third-order valence-electron chi connectivity index (χ3n) is 4.53. The number of phenolic OH excluding ortho intramolecular Hbond substituents is 1. The van der Waals surface area contributed by atoms with Crippen molar-refractivity contribution < 1.29 is 5.11 Å². The molecule has 0 aliphatic heterocycles. The van der Waals surface area contributed by atoms with Gasteiger partial charge in [-0.05, 0) is 36.6 Å². The number of pyridine rings is 1. The predicted molar refractivity (Wildman–Crippen MR) is 106 cm³/mol. The normalized spacial score (nSPS) is 11.4. The van der Waals surface area contributed by atoms with Gasteiger partial charge in [0.1, 0.15) is 10.4 Å². The fraction of sp³-hybridized carbons (Fsp3) is 0.190. The van der Waals surface area contributed by atoms with Gasteiger partial charge in [-0.25, -0.2) is 0 Å². The van der Waals surface area contributed by atoms with Crippen LogP contribution in [0.1, 0.15) is 24.6 Å². The second-order valence-corrected chi connectivity index (χ2v) is 7.36. The summed E-state index contributed by atoms with van der Waals surface area (Å²) in [5, 5.41) is 11.8. The third-order valence-corrected chi connectivity index (χ3v) is 5.78. The molecule has 0 radical (unpaired) electrons. The van der Waals surface area contributed by atoms with Gasteiger partial charge < -0.3 is 10.1 Å². The minimum Gasteiger partial charge on any atom is -0.508 e. The molecule has 25 heavy (non-hydrogen) atoms. The summed E-state index contributed by atoms with van der Waals surface area (Å²) in [6, 6.07) is 15.3. The van der Waals surface area contributed by atoms with Gasteiger partial charge in [-0.3, -0.25) is 4.79 Å². The molecule has 0 unspecified atom stereocenters. The van der Waals surface area contributed by atoms with Gasteiger partial charge >= 0.3 is 0 Å². The highest BCUT2D eigenvalue weighted by atomic mass is 32.1. The molecule has 0 bridgehead atoms. The van der Waals surface area contributed by atoms with Crippen LogP contribution in [-0.2, 0) is 6.42 Å². The Hall–Kier alpha value is -2.59. The number of fused-ring (bicyclic) bond motifs is 3. The molecule has 0 aliphatic rings.